The number of nitrogen functional groups attached to an aromatic ring is 1. The molecule has 0 bridgehead atoms. The van der Waals surface area contributed by atoms with Gasteiger partial charge in [-0.15, -0.1) is 0 Å². The summed E-state index contributed by atoms with van der Waals surface area (Å²) >= 11 is 0. The zero-order valence-corrected chi connectivity index (χ0v) is 12.9. The van der Waals surface area contributed by atoms with E-state index >= 15 is 0 Å². The van der Waals surface area contributed by atoms with Gasteiger partial charge in [-0.2, -0.15) is 4.31 Å². The quantitative estimate of drug-likeness (QED) is 0.880. The molecule has 1 aromatic heterocycles. The van der Waals surface area contributed by atoms with Crippen molar-refractivity contribution in [3.63, 3.8) is 0 Å². The minimum atomic E-state index is -3.84. The molecule has 2 aromatic rings. The minimum absolute atomic E-state index is 0.0611. The lowest BCUT2D eigenvalue weighted by Gasteiger charge is -2.17. The van der Waals surface area contributed by atoms with E-state index in [-0.39, 0.29) is 22.7 Å². The molecule has 0 unspecified atom stereocenters. The van der Waals surface area contributed by atoms with E-state index in [2.05, 4.69) is 0 Å². The number of hydrogen-bond donors (Lipinski definition) is 1. The van der Waals surface area contributed by atoms with Crippen LogP contribution in [-0.4, -0.2) is 19.8 Å². The molecule has 0 aliphatic carbocycles. The fourth-order valence-electron chi connectivity index (χ4n) is 1.88. The van der Waals surface area contributed by atoms with Gasteiger partial charge in [-0.25, -0.2) is 12.8 Å². The van der Waals surface area contributed by atoms with Crippen LogP contribution in [0.15, 0.2) is 33.6 Å². The number of rotatable bonds is 4. The highest BCUT2D eigenvalue weighted by Crippen LogP contribution is 2.24. The smallest absolute Gasteiger partial charge is 0.243 e. The SMILES string of the molecule is Cc1ccc(CN(C)S(=O)(=O)c2cc(N)c(C)c(F)c2)o1. The third-order valence-electron chi connectivity index (χ3n) is 3.24. The van der Waals surface area contributed by atoms with Gasteiger partial charge in [0.1, 0.15) is 17.3 Å². The average Bonchev–Trinajstić information content (AvgIpc) is 2.80. The molecule has 0 fully saturated rings. The van der Waals surface area contributed by atoms with Gasteiger partial charge in [0, 0.05) is 18.3 Å². The maximum atomic E-state index is 13.7. The lowest BCUT2D eigenvalue weighted by Crippen LogP contribution is -2.26. The molecule has 0 saturated carbocycles. The maximum Gasteiger partial charge on any atom is 0.243 e. The molecule has 2 rings (SSSR count). The standard InChI is InChI=1S/C14H17FN2O3S/c1-9-4-5-11(20-9)8-17(3)21(18,19)12-6-13(15)10(2)14(16)7-12/h4-7H,8,16H2,1-3H3. The van der Waals surface area contributed by atoms with Gasteiger partial charge in [0.2, 0.25) is 10.0 Å². The molecule has 0 aliphatic heterocycles. The fraction of sp³-hybridized carbons (Fsp3) is 0.286. The molecule has 0 radical (unpaired) electrons. The Kier molecular flexibility index (Phi) is 4.06. The Labute approximate surface area is 123 Å². The van der Waals surface area contributed by atoms with E-state index in [0.29, 0.717) is 11.5 Å². The van der Waals surface area contributed by atoms with E-state index in [1.807, 2.05) is 0 Å². The van der Waals surface area contributed by atoms with Crippen LogP contribution in [0.2, 0.25) is 0 Å². The van der Waals surface area contributed by atoms with Crippen LogP contribution >= 0.6 is 0 Å². The summed E-state index contributed by atoms with van der Waals surface area (Å²) in [5, 5.41) is 0. The summed E-state index contributed by atoms with van der Waals surface area (Å²) in [6.45, 7) is 3.33. The highest BCUT2D eigenvalue weighted by Gasteiger charge is 2.23. The van der Waals surface area contributed by atoms with Gasteiger partial charge in [-0.3, -0.25) is 0 Å². The third kappa shape index (κ3) is 3.08. The highest BCUT2D eigenvalue weighted by molar-refractivity contribution is 7.89. The number of sulfonamides is 1. The van der Waals surface area contributed by atoms with E-state index in [9.17, 15) is 12.8 Å². The van der Waals surface area contributed by atoms with Crippen LogP contribution in [0.25, 0.3) is 0 Å². The van der Waals surface area contributed by atoms with Gasteiger partial charge in [0.25, 0.3) is 0 Å². The second-order valence-electron chi connectivity index (χ2n) is 4.89. The number of nitrogens with two attached hydrogens (primary N) is 1. The molecule has 2 N–H and O–H groups in total. The van der Waals surface area contributed by atoms with E-state index in [0.717, 1.165) is 10.4 Å². The topological polar surface area (TPSA) is 76.5 Å². The van der Waals surface area contributed by atoms with Gasteiger partial charge < -0.3 is 10.2 Å². The van der Waals surface area contributed by atoms with Crippen molar-refractivity contribution in [3.05, 3.63) is 47.2 Å². The second kappa shape index (κ2) is 5.50. The van der Waals surface area contributed by atoms with Crippen molar-refractivity contribution in [2.24, 2.45) is 0 Å². The highest BCUT2D eigenvalue weighted by atomic mass is 32.2. The number of furan rings is 1. The van der Waals surface area contributed by atoms with Gasteiger partial charge in [-0.05, 0) is 38.1 Å². The molecule has 5 nitrogen and oxygen atoms in total. The fourth-order valence-corrected chi connectivity index (χ4v) is 3.06. The van der Waals surface area contributed by atoms with Crippen LogP contribution in [0.5, 0.6) is 0 Å². The van der Waals surface area contributed by atoms with E-state index in [1.165, 1.54) is 20.0 Å². The van der Waals surface area contributed by atoms with Crippen molar-refractivity contribution in [2.75, 3.05) is 12.8 Å². The van der Waals surface area contributed by atoms with E-state index in [1.54, 1.807) is 19.1 Å². The van der Waals surface area contributed by atoms with Crippen LogP contribution in [0.1, 0.15) is 17.1 Å². The normalized spacial score (nSPS) is 12.0. The third-order valence-corrected chi connectivity index (χ3v) is 5.02. The predicted octanol–water partition coefficient (Wildman–Crippen LogP) is 2.44. The first-order valence-corrected chi connectivity index (χ1v) is 7.73. The summed E-state index contributed by atoms with van der Waals surface area (Å²) in [5.41, 5.74) is 5.97. The molecule has 0 aliphatic rings. The largest absolute Gasteiger partial charge is 0.465 e. The molecule has 0 saturated heterocycles. The number of hydrogen-bond acceptors (Lipinski definition) is 4. The Bertz CT molecular complexity index is 745. The summed E-state index contributed by atoms with van der Waals surface area (Å²) in [6, 6.07) is 5.69. The molecule has 0 amide bonds. The monoisotopic (exact) mass is 312 g/mol. The van der Waals surface area contributed by atoms with Crippen molar-refractivity contribution >= 4 is 15.7 Å². The van der Waals surface area contributed by atoms with Crippen LogP contribution in [0, 0.1) is 19.7 Å². The number of anilines is 1. The molecular weight excluding hydrogens is 295 g/mol. The minimum Gasteiger partial charge on any atom is -0.465 e. The van der Waals surface area contributed by atoms with Crippen LogP contribution in [0.4, 0.5) is 10.1 Å². The number of aryl methyl sites for hydroxylation is 1. The van der Waals surface area contributed by atoms with Crippen molar-refractivity contribution in [1.82, 2.24) is 4.31 Å². The summed E-state index contributed by atoms with van der Waals surface area (Å²) in [7, 11) is -2.43. The van der Waals surface area contributed by atoms with Gasteiger partial charge in [0.15, 0.2) is 0 Å². The molecular formula is C14H17FN2O3S. The summed E-state index contributed by atoms with van der Waals surface area (Å²) < 4.78 is 45.0. The van der Waals surface area contributed by atoms with Crippen molar-refractivity contribution < 1.29 is 17.2 Å². The molecule has 114 valence electrons. The summed E-state index contributed by atoms with van der Waals surface area (Å²) in [5.74, 6) is 0.566. The second-order valence-corrected chi connectivity index (χ2v) is 6.94. The van der Waals surface area contributed by atoms with E-state index in [4.69, 9.17) is 10.2 Å². The van der Waals surface area contributed by atoms with Crippen LogP contribution in [0.3, 0.4) is 0 Å². The van der Waals surface area contributed by atoms with Crippen molar-refractivity contribution in [2.45, 2.75) is 25.3 Å². The van der Waals surface area contributed by atoms with Crippen molar-refractivity contribution in [1.29, 1.82) is 0 Å². The first kappa shape index (κ1) is 15.5. The number of halogens is 1. The summed E-state index contributed by atoms with van der Waals surface area (Å²) in [6.07, 6.45) is 0. The lowest BCUT2D eigenvalue weighted by atomic mass is 10.2. The molecule has 21 heavy (non-hydrogen) atoms. The maximum absolute atomic E-state index is 13.7. The lowest BCUT2D eigenvalue weighted by molar-refractivity contribution is 0.397. The first-order chi connectivity index (χ1) is 9.71. The summed E-state index contributed by atoms with van der Waals surface area (Å²) in [4.78, 5) is -0.172. The predicted molar refractivity (Wildman–Crippen MR) is 77.6 cm³/mol. The van der Waals surface area contributed by atoms with Gasteiger partial charge >= 0.3 is 0 Å². The Balaban J connectivity index is 2.33. The average molecular weight is 312 g/mol. The Morgan fingerprint density at radius 1 is 1.29 bits per heavy atom. The molecule has 1 aromatic carbocycles. The molecule has 0 spiro atoms. The van der Waals surface area contributed by atoms with Crippen molar-refractivity contribution in [3.8, 4) is 0 Å². The first-order valence-electron chi connectivity index (χ1n) is 6.29. The molecule has 1 heterocycles. The Morgan fingerprint density at radius 2 is 1.95 bits per heavy atom. The number of benzene rings is 1. The zero-order chi connectivity index (χ0) is 15.8. The molecule has 0 atom stereocenters. The Morgan fingerprint density at radius 3 is 2.48 bits per heavy atom. The Hall–Kier alpha value is -1.86. The zero-order valence-electron chi connectivity index (χ0n) is 12.1. The van der Waals surface area contributed by atoms with Crippen LogP contribution in [-0.2, 0) is 16.6 Å². The number of nitrogens with zero attached hydrogens (tertiary/aromatic N) is 1. The molecule has 7 heteroatoms. The van der Waals surface area contributed by atoms with Gasteiger partial charge in [-0.1, -0.05) is 0 Å². The van der Waals surface area contributed by atoms with E-state index < -0.39 is 15.8 Å². The van der Waals surface area contributed by atoms with Gasteiger partial charge in [0.05, 0.1) is 11.4 Å². The van der Waals surface area contributed by atoms with Crippen LogP contribution < -0.4 is 5.73 Å².